The van der Waals surface area contributed by atoms with Gasteiger partial charge in [0, 0.05) is 19.1 Å². The molecule has 19 heavy (non-hydrogen) atoms. The van der Waals surface area contributed by atoms with Crippen LogP contribution in [0, 0.1) is 5.82 Å². The Labute approximate surface area is 123 Å². The van der Waals surface area contributed by atoms with Crippen LogP contribution in [-0.2, 0) is 0 Å². The first-order valence-corrected chi connectivity index (χ1v) is 6.41. The highest BCUT2D eigenvalue weighted by atomic mass is 35.5. The Morgan fingerprint density at radius 2 is 2.05 bits per heavy atom. The van der Waals surface area contributed by atoms with Crippen LogP contribution in [0.1, 0.15) is 23.2 Å². The summed E-state index contributed by atoms with van der Waals surface area (Å²) < 4.78 is 12.9. The van der Waals surface area contributed by atoms with E-state index in [1.54, 1.807) is 4.90 Å². The van der Waals surface area contributed by atoms with Crippen molar-refractivity contribution in [1.29, 1.82) is 0 Å². The average Bonchev–Trinajstić information content (AvgIpc) is 2.38. The Morgan fingerprint density at radius 3 is 2.58 bits per heavy atom. The molecule has 106 valence electrons. The topological polar surface area (TPSA) is 32.3 Å². The van der Waals surface area contributed by atoms with Crippen molar-refractivity contribution in [2.75, 3.05) is 20.1 Å². The highest BCUT2D eigenvalue weighted by Crippen LogP contribution is 2.21. The third-order valence-corrected chi connectivity index (χ3v) is 3.66. The summed E-state index contributed by atoms with van der Waals surface area (Å²) in [6.07, 6.45) is 1.86. The maximum Gasteiger partial charge on any atom is 0.255 e. The molecule has 0 unspecified atom stereocenters. The number of hydrogen-bond acceptors (Lipinski definition) is 2. The van der Waals surface area contributed by atoms with Crippen molar-refractivity contribution in [1.82, 2.24) is 10.2 Å². The largest absolute Gasteiger partial charge is 0.338 e. The molecule has 1 aromatic carbocycles. The van der Waals surface area contributed by atoms with Crippen LogP contribution in [-0.4, -0.2) is 37.0 Å². The highest BCUT2D eigenvalue weighted by Gasteiger charge is 2.24. The Balaban J connectivity index is 0.00000180. The minimum Gasteiger partial charge on any atom is -0.338 e. The Hall–Kier alpha value is -0.840. The zero-order valence-electron chi connectivity index (χ0n) is 10.7. The molecule has 6 heteroatoms. The molecule has 1 aliphatic heterocycles. The summed E-state index contributed by atoms with van der Waals surface area (Å²) in [5, 5.41) is 3.38. The Morgan fingerprint density at radius 1 is 1.42 bits per heavy atom. The van der Waals surface area contributed by atoms with Gasteiger partial charge < -0.3 is 10.2 Å². The van der Waals surface area contributed by atoms with Gasteiger partial charge in [-0.25, -0.2) is 4.39 Å². The number of hydrogen-bond donors (Lipinski definition) is 1. The van der Waals surface area contributed by atoms with Gasteiger partial charge in [0.1, 0.15) is 5.82 Å². The number of likely N-dealkylation sites (tertiary alicyclic amines) is 1. The van der Waals surface area contributed by atoms with E-state index in [1.807, 2.05) is 7.05 Å². The van der Waals surface area contributed by atoms with Crippen LogP contribution in [0.15, 0.2) is 18.2 Å². The second-order valence-corrected chi connectivity index (χ2v) is 4.89. The molecule has 0 aromatic heterocycles. The zero-order valence-corrected chi connectivity index (χ0v) is 12.2. The normalized spacial score (nSPS) is 16.1. The van der Waals surface area contributed by atoms with Crippen molar-refractivity contribution >= 4 is 29.9 Å². The lowest BCUT2D eigenvalue weighted by molar-refractivity contribution is 0.0707. The molecule has 0 aliphatic carbocycles. The van der Waals surface area contributed by atoms with E-state index < -0.39 is 5.82 Å². The van der Waals surface area contributed by atoms with Crippen molar-refractivity contribution in [3.8, 4) is 0 Å². The van der Waals surface area contributed by atoms with Crippen LogP contribution >= 0.6 is 24.0 Å². The Bertz CT molecular complexity index is 448. The summed E-state index contributed by atoms with van der Waals surface area (Å²) in [5.74, 6) is -0.542. The number of carbonyl (C=O) groups excluding carboxylic acids is 1. The molecule has 1 aromatic rings. The fourth-order valence-electron chi connectivity index (χ4n) is 2.20. The van der Waals surface area contributed by atoms with Crippen molar-refractivity contribution in [3.05, 3.63) is 34.6 Å². The molecule has 1 fully saturated rings. The van der Waals surface area contributed by atoms with Gasteiger partial charge in [0.25, 0.3) is 5.91 Å². The number of benzene rings is 1. The first-order valence-electron chi connectivity index (χ1n) is 6.03. The fourth-order valence-corrected chi connectivity index (χ4v) is 2.45. The smallest absolute Gasteiger partial charge is 0.255 e. The second-order valence-electron chi connectivity index (χ2n) is 4.48. The number of halogens is 3. The number of carbonyl (C=O) groups is 1. The van der Waals surface area contributed by atoms with E-state index in [9.17, 15) is 9.18 Å². The van der Waals surface area contributed by atoms with E-state index >= 15 is 0 Å². The van der Waals surface area contributed by atoms with Crippen LogP contribution in [0.25, 0.3) is 0 Å². The molecule has 3 nitrogen and oxygen atoms in total. The van der Waals surface area contributed by atoms with Gasteiger partial charge in [-0.2, -0.15) is 0 Å². The highest BCUT2D eigenvalue weighted by molar-refractivity contribution is 6.33. The molecule has 0 bridgehead atoms. The minimum absolute atomic E-state index is 0. The summed E-state index contributed by atoms with van der Waals surface area (Å²) >= 11 is 5.90. The summed E-state index contributed by atoms with van der Waals surface area (Å²) in [7, 11) is 1.93. The number of nitrogens with one attached hydrogen (secondary N) is 1. The van der Waals surface area contributed by atoms with Crippen LogP contribution in [0.5, 0.6) is 0 Å². The molecule has 0 saturated carbocycles. The van der Waals surface area contributed by atoms with E-state index in [2.05, 4.69) is 5.32 Å². The molecule has 1 N–H and O–H groups in total. The monoisotopic (exact) mass is 306 g/mol. The van der Waals surface area contributed by atoms with Crippen molar-refractivity contribution in [2.45, 2.75) is 18.9 Å². The molecule has 1 saturated heterocycles. The summed E-state index contributed by atoms with van der Waals surface area (Å²) in [4.78, 5) is 14.0. The van der Waals surface area contributed by atoms with Crippen LogP contribution in [0.4, 0.5) is 4.39 Å². The van der Waals surface area contributed by atoms with Crippen LogP contribution < -0.4 is 5.32 Å². The maximum absolute atomic E-state index is 12.9. The van der Waals surface area contributed by atoms with E-state index in [-0.39, 0.29) is 23.3 Å². The quantitative estimate of drug-likeness (QED) is 0.911. The number of nitrogens with zero attached hydrogens (tertiary/aromatic N) is 1. The maximum atomic E-state index is 12.9. The molecule has 1 heterocycles. The lowest BCUT2D eigenvalue weighted by Gasteiger charge is -2.32. The van der Waals surface area contributed by atoms with Crippen molar-refractivity contribution in [3.63, 3.8) is 0 Å². The standard InChI is InChI=1S/C13H16ClFN2O.ClH/c1-16-10-4-6-17(7-5-10)13(18)11-3-2-9(15)8-12(11)14;/h2-3,8,10,16H,4-7H2,1H3;1H. The molecule has 0 atom stereocenters. The van der Waals surface area contributed by atoms with E-state index in [0.29, 0.717) is 24.7 Å². The number of piperidine rings is 1. The van der Waals surface area contributed by atoms with Gasteiger partial charge in [0.15, 0.2) is 0 Å². The lowest BCUT2D eigenvalue weighted by Crippen LogP contribution is -2.44. The molecule has 2 rings (SSSR count). The fraction of sp³-hybridized carbons (Fsp3) is 0.462. The first kappa shape index (κ1) is 16.2. The first-order chi connectivity index (χ1) is 8.61. The SMILES string of the molecule is CNC1CCN(C(=O)c2ccc(F)cc2Cl)CC1.Cl. The molecule has 0 spiro atoms. The molecule has 1 amide bonds. The van der Waals surface area contributed by atoms with Crippen LogP contribution in [0.2, 0.25) is 5.02 Å². The van der Waals surface area contributed by atoms with Crippen LogP contribution in [0.3, 0.4) is 0 Å². The summed E-state index contributed by atoms with van der Waals surface area (Å²) in [6, 6.07) is 4.36. The van der Waals surface area contributed by atoms with Gasteiger partial charge in [-0.3, -0.25) is 4.79 Å². The molecule has 0 radical (unpaired) electrons. The number of rotatable bonds is 2. The minimum atomic E-state index is -0.426. The van der Waals surface area contributed by atoms with Gasteiger partial charge in [-0.05, 0) is 38.1 Å². The Kier molecular flexibility index (Phi) is 6.04. The third-order valence-electron chi connectivity index (χ3n) is 3.35. The molecule has 1 aliphatic rings. The second kappa shape index (κ2) is 7.08. The van der Waals surface area contributed by atoms with Gasteiger partial charge in [0.05, 0.1) is 10.6 Å². The predicted octanol–water partition coefficient (Wildman–Crippen LogP) is 2.72. The number of amides is 1. The lowest BCUT2D eigenvalue weighted by atomic mass is 10.0. The van der Waals surface area contributed by atoms with E-state index in [4.69, 9.17) is 11.6 Å². The summed E-state index contributed by atoms with van der Waals surface area (Å²) in [5.41, 5.74) is 0.376. The molecular weight excluding hydrogens is 290 g/mol. The average molecular weight is 307 g/mol. The summed E-state index contributed by atoms with van der Waals surface area (Å²) in [6.45, 7) is 1.41. The van der Waals surface area contributed by atoms with E-state index in [1.165, 1.54) is 18.2 Å². The van der Waals surface area contributed by atoms with Gasteiger partial charge in [0.2, 0.25) is 0 Å². The van der Waals surface area contributed by atoms with Crippen molar-refractivity contribution < 1.29 is 9.18 Å². The third kappa shape index (κ3) is 3.81. The van der Waals surface area contributed by atoms with Gasteiger partial charge >= 0.3 is 0 Å². The predicted molar refractivity (Wildman–Crippen MR) is 76.6 cm³/mol. The van der Waals surface area contributed by atoms with E-state index in [0.717, 1.165) is 12.8 Å². The zero-order chi connectivity index (χ0) is 13.1. The van der Waals surface area contributed by atoms with Gasteiger partial charge in [-0.15, -0.1) is 12.4 Å². The van der Waals surface area contributed by atoms with Gasteiger partial charge in [-0.1, -0.05) is 11.6 Å². The van der Waals surface area contributed by atoms with Crippen molar-refractivity contribution in [2.24, 2.45) is 0 Å². The molecular formula is C13H17Cl2FN2O.